The fourth-order valence-electron chi connectivity index (χ4n) is 4.05. The summed E-state index contributed by atoms with van der Waals surface area (Å²) < 4.78 is 7.59. The molecule has 2 saturated heterocycles. The fourth-order valence-corrected chi connectivity index (χ4v) is 4.05. The van der Waals surface area contributed by atoms with Crippen molar-refractivity contribution < 1.29 is 14.6 Å². The molecule has 1 N–H and O–H groups in total. The third-order valence-electron chi connectivity index (χ3n) is 5.50. The highest BCUT2D eigenvalue weighted by Crippen LogP contribution is 2.31. The second-order valence-electron chi connectivity index (χ2n) is 7.39. The molecule has 0 unspecified atom stereocenters. The van der Waals surface area contributed by atoms with Gasteiger partial charge in [0.05, 0.1) is 24.9 Å². The van der Waals surface area contributed by atoms with E-state index < -0.39 is 0 Å². The number of rotatable bonds is 5. The number of likely N-dealkylation sites (tertiary alicyclic amines) is 1. The highest BCUT2D eigenvalue weighted by molar-refractivity contribution is 5.76. The van der Waals surface area contributed by atoms with Crippen LogP contribution in [-0.4, -0.2) is 86.0 Å². The molecule has 2 aliphatic rings. The van der Waals surface area contributed by atoms with Gasteiger partial charge < -0.3 is 19.6 Å². The lowest BCUT2D eigenvalue weighted by atomic mass is 9.96. The van der Waals surface area contributed by atoms with Gasteiger partial charge in [-0.1, -0.05) is 30.3 Å². The van der Waals surface area contributed by atoms with Crippen molar-refractivity contribution in [2.75, 3.05) is 32.8 Å². The standard InChI is InChI=1S/C19H26N6O3/c26-16-6-8-23(9-7-16)12-17-19(15-4-2-1-3-5-15)25(10-11-28-17)18(27)13-24-14-20-21-22-24/h1-5,14,16-17,19,26H,6-13H2/t17-,19-/m0/s1. The topological polar surface area (TPSA) is 96.6 Å². The zero-order valence-electron chi connectivity index (χ0n) is 15.8. The van der Waals surface area contributed by atoms with Crippen LogP contribution in [0.2, 0.25) is 0 Å². The van der Waals surface area contributed by atoms with Gasteiger partial charge in [-0.2, -0.15) is 0 Å². The van der Waals surface area contributed by atoms with E-state index in [4.69, 9.17) is 4.74 Å². The minimum atomic E-state index is -0.206. The van der Waals surface area contributed by atoms with Gasteiger partial charge >= 0.3 is 0 Å². The Morgan fingerprint density at radius 3 is 2.68 bits per heavy atom. The number of amides is 1. The van der Waals surface area contributed by atoms with Gasteiger partial charge in [0.15, 0.2) is 0 Å². The molecule has 9 nitrogen and oxygen atoms in total. The Labute approximate surface area is 163 Å². The van der Waals surface area contributed by atoms with Crippen LogP contribution in [0.25, 0.3) is 0 Å². The largest absolute Gasteiger partial charge is 0.393 e. The summed E-state index contributed by atoms with van der Waals surface area (Å²) in [5.74, 6) is -0.0245. The van der Waals surface area contributed by atoms with Gasteiger partial charge in [-0.3, -0.25) is 4.79 Å². The molecule has 0 aliphatic carbocycles. The van der Waals surface area contributed by atoms with Crippen molar-refractivity contribution in [2.45, 2.75) is 37.6 Å². The number of carbonyl (C=O) groups excluding carboxylic acids is 1. The summed E-state index contributed by atoms with van der Waals surface area (Å²) >= 11 is 0. The molecule has 1 amide bonds. The first-order valence-corrected chi connectivity index (χ1v) is 9.78. The summed E-state index contributed by atoms with van der Waals surface area (Å²) in [6.07, 6.45) is 2.69. The summed E-state index contributed by atoms with van der Waals surface area (Å²) in [5, 5.41) is 20.8. The Balaban J connectivity index is 1.53. The van der Waals surface area contributed by atoms with Crippen molar-refractivity contribution in [2.24, 2.45) is 0 Å². The quantitative estimate of drug-likeness (QED) is 0.778. The van der Waals surface area contributed by atoms with Crippen molar-refractivity contribution in [1.29, 1.82) is 0 Å². The normalized spacial score (nSPS) is 24.4. The van der Waals surface area contributed by atoms with Crippen molar-refractivity contribution in [1.82, 2.24) is 30.0 Å². The number of hydrogen-bond acceptors (Lipinski definition) is 7. The molecule has 2 aromatic rings. The molecule has 28 heavy (non-hydrogen) atoms. The Morgan fingerprint density at radius 2 is 1.96 bits per heavy atom. The predicted octanol–water partition coefficient (Wildman–Crippen LogP) is 0.0985. The van der Waals surface area contributed by atoms with Gasteiger partial charge in [0.1, 0.15) is 12.9 Å². The van der Waals surface area contributed by atoms with Crippen LogP contribution in [0.5, 0.6) is 0 Å². The van der Waals surface area contributed by atoms with Crippen molar-refractivity contribution in [3.05, 3.63) is 42.2 Å². The third-order valence-corrected chi connectivity index (χ3v) is 5.50. The molecule has 0 saturated carbocycles. The maximum atomic E-state index is 13.0. The van der Waals surface area contributed by atoms with Gasteiger partial charge in [0.2, 0.25) is 5.91 Å². The Hall–Kier alpha value is -2.36. The monoisotopic (exact) mass is 386 g/mol. The van der Waals surface area contributed by atoms with E-state index in [-0.39, 0.29) is 30.7 Å². The van der Waals surface area contributed by atoms with Crippen LogP contribution >= 0.6 is 0 Å². The number of ether oxygens (including phenoxy) is 1. The van der Waals surface area contributed by atoms with Crippen molar-refractivity contribution in [3.63, 3.8) is 0 Å². The molecule has 4 rings (SSSR count). The van der Waals surface area contributed by atoms with Crippen LogP contribution in [0.4, 0.5) is 0 Å². The minimum Gasteiger partial charge on any atom is -0.393 e. The van der Waals surface area contributed by atoms with Crippen LogP contribution in [0, 0.1) is 0 Å². The van der Waals surface area contributed by atoms with Gasteiger partial charge in [0.25, 0.3) is 0 Å². The third kappa shape index (κ3) is 4.37. The highest BCUT2D eigenvalue weighted by atomic mass is 16.5. The summed E-state index contributed by atoms with van der Waals surface area (Å²) in [6.45, 7) is 3.59. The average Bonchev–Trinajstić information content (AvgIpc) is 3.23. The molecule has 0 radical (unpaired) electrons. The van der Waals surface area contributed by atoms with Gasteiger partial charge in [-0.05, 0) is 28.8 Å². The number of morpholine rings is 1. The van der Waals surface area contributed by atoms with Crippen molar-refractivity contribution in [3.8, 4) is 0 Å². The molecular formula is C19H26N6O3. The molecule has 0 spiro atoms. The van der Waals surface area contributed by atoms with E-state index in [0.29, 0.717) is 13.2 Å². The number of hydrogen-bond donors (Lipinski definition) is 1. The SMILES string of the molecule is O=C(Cn1cnnn1)N1CCO[C@@H](CN2CCC(O)CC2)[C@@H]1c1ccccc1. The molecule has 2 fully saturated rings. The molecule has 1 aromatic heterocycles. The van der Waals surface area contributed by atoms with E-state index in [9.17, 15) is 9.90 Å². The van der Waals surface area contributed by atoms with E-state index >= 15 is 0 Å². The lowest BCUT2D eigenvalue weighted by Gasteiger charge is -2.44. The van der Waals surface area contributed by atoms with Crippen molar-refractivity contribution >= 4 is 5.91 Å². The molecule has 1 aromatic carbocycles. The van der Waals surface area contributed by atoms with Gasteiger partial charge in [-0.25, -0.2) is 4.68 Å². The maximum Gasteiger partial charge on any atom is 0.245 e. The zero-order valence-corrected chi connectivity index (χ0v) is 15.8. The number of nitrogens with zero attached hydrogens (tertiary/aromatic N) is 6. The second kappa shape index (κ2) is 8.76. The Bertz CT molecular complexity index is 748. The summed E-state index contributed by atoms with van der Waals surface area (Å²) in [4.78, 5) is 17.3. The molecule has 9 heteroatoms. The van der Waals surface area contributed by atoms with Gasteiger partial charge in [-0.15, -0.1) is 5.10 Å². The number of piperidine rings is 1. The summed E-state index contributed by atoms with van der Waals surface area (Å²) in [5.41, 5.74) is 1.06. The lowest BCUT2D eigenvalue weighted by molar-refractivity contribution is -0.149. The van der Waals surface area contributed by atoms with E-state index in [1.165, 1.54) is 11.0 Å². The molecule has 150 valence electrons. The van der Waals surface area contributed by atoms with E-state index in [0.717, 1.165) is 38.0 Å². The number of aliphatic hydroxyl groups is 1. The molecule has 0 bridgehead atoms. The first kappa shape index (κ1) is 19.0. The van der Waals surface area contributed by atoms with Crippen LogP contribution in [-0.2, 0) is 16.1 Å². The smallest absolute Gasteiger partial charge is 0.245 e. The first-order valence-electron chi connectivity index (χ1n) is 9.78. The van der Waals surface area contributed by atoms with E-state index in [1.54, 1.807) is 0 Å². The first-order chi connectivity index (χ1) is 13.7. The average molecular weight is 386 g/mol. The molecule has 2 atom stereocenters. The summed E-state index contributed by atoms with van der Waals surface area (Å²) in [7, 11) is 0. The fraction of sp³-hybridized carbons (Fsp3) is 0.579. The van der Waals surface area contributed by atoms with Gasteiger partial charge in [0, 0.05) is 26.2 Å². The van der Waals surface area contributed by atoms with Crippen LogP contribution in [0.3, 0.4) is 0 Å². The predicted molar refractivity (Wildman–Crippen MR) is 100 cm³/mol. The number of benzene rings is 1. The lowest BCUT2D eigenvalue weighted by Crippen LogP contribution is -2.53. The highest BCUT2D eigenvalue weighted by Gasteiger charge is 2.37. The minimum absolute atomic E-state index is 0.0245. The Kier molecular flexibility index (Phi) is 5.94. The summed E-state index contributed by atoms with van der Waals surface area (Å²) in [6, 6.07) is 9.88. The number of aromatic nitrogens is 4. The molecular weight excluding hydrogens is 360 g/mol. The van der Waals surface area contributed by atoms with E-state index in [1.807, 2.05) is 35.2 Å². The number of aliphatic hydroxyl groups excluding tert-OH is 1. The number of tetrazole rings is 1. The van der Waals surface area contributed by atoms with E-state index in [2.05, 4.69) is 20.4 Å². The molecule has 2 aliphatic heterocycles. The van der Waals surface area contributed by atoms with Crippen LogP contribution < -0.4 is 0 Å². The zero-order chi connectivity index (χ0) is 19.3. The maximum absolute atomic E-state index is 13.0. The second-order valence-corrected chi connectivity index (χ2v) is 7.39. The van der Waals surface area contributed by atoms with Crippen LogP contribution in [0.1, 0.15) is 24.4 Å². The van der Waals surface area contributed by atoms with Crippen LogP contribution in [0.15, 0.2) is 36.7 Å². The molecule has 3 heterocycles. The number of carbonyl (C=O) groups is 1. The Morgan fingerprint density at radius 1 is 1.18 bits per heavy atom.